The molecular formula is C13H17ClFN. The highest BCUT2D eigenvalue weighted by atomic mass is 35.5. The summed E-state index contributed by atoms with van der Waals surface area (Å²) < 4.78 is 12.9. The lowest BCUT2D eigenvalue weighted by molar-refractivity contribution is 0.578. The Hall–Kier alpha value is -0.860. The summed E-state index contributed by atoms with van der Waals surface area (Å²) in [4.78, 5) is 0. The second kappa shape index (κ2) is 6.02. The molecule has 0 aliphatic carbocycles. The molecule has 1 aromatic rings. The van der Waals surface area contributed by atoms with Crippen molar-refractivity contribution in [2.24, 2.45) is 0 Å². The van der Waals surface area contributed by atoms with Crippen molar-refractivity contribution in [1.82, 2.24) is 5.32 Å². The standard InChI is InChI=1S/C13H17ClFN/c1-4-9(2)7-13(16-3)11-6-5-10(15)8-12(11)14/h5-6,8,13,16H,2,4,7H2,1,3H3. The van der Waals surface area contributed by atoms with E-state index in [0.29, 0.717) is 5.02 Å². The predicted octanol–water partition coefficient (Wildman–Crippen LogP) is 4.10. The molecule has 0 fully saturated rings. The molecule has 0 aliphatic heterocycles. The molecule has 16 heavy (non-hydrogen) atoms. The zero-order valence-electron chi connectivity index (χ0n) is 9.69. The quantitative estimate of drug-likeness (QED) is 0.766. The van der Waals surface area contributed by atoms with Crippen LogP contribution in [0.1, 0.15) is 31.4 Å². The number of rotatable bonds is 5. The molecule has 0 saturated heterocycles. The maximum atomic E-state index is 12.9. The van der Waals surface area contributed by atoms with Crippen molar-refractivity contribution in [2.45, 2.75) is 25.8 Å². The fraction of sp³-hybridized carbons (Fsp3) is 0.385. The molecule has 0 aromatic heterocycles. The maximum Gasteiger partial charge on any atom is 0.124 e. The Bertz CT molecular complexity index is 376. The van der Waals surface area contributed by atoms with Crippen molar-refractivity contribution < 1.29 is 4.39 Å². The summed E-state index contributed by atoms with van der Waals surface area (Å²) in [5.41, 5.74) is 2.07. The van der Waals surface area contributed by atoms with Gasteiger partial charge in [-0.1, -0.05) is 36.7 Å². The summed E-state index contributed by atoms with van der Waals surface area (Å²) in [5, 5.41) is 3.64. The second-order valence-electron chi connectivity index (χ2n) is 3.81. The van der Waals surface area contributed by atoms with Crippen LogP contribution in [0.15, 0.2) is 30.4 Å². The molecule has 0 spiro atoms. The van der Waals surface area contributed by atoms with Gasteiger partial charge < -0.3 is 5.32 Å². The van der Waals surface area contributed by atoms with Gasteiger partial charge in [0, 0.05) is 11.1 Å². The molecule has 1 aromatic carbocycles. The maximum absolute atomic E-state index is 12.9. The molecule has 1 rings (SSSR count). The van der Waals surface area contributed by atoms with Crippen molar-refractivity contribution in [3.63, 3.8) is 0 Å². The molecule has 0 saturated carbocycles. The van der Waals surface area contributed by atoms with Crippen molar-refractivity contribution in [1.29, 1.82) is 0 Å². The van der Waals surface area contributed by atoms with Gasteiger partial charge in [-0.05, 0) is 37.6 Å². The van der Waals surface area contributed by atoms with Crippen LogP contribution < -0.4 is 5.32 Å². The van der Waals surface area contributed by atoms with Crippen LogP contribution >= 0.6 is 11.6 Å². The van der Waals surface area contributed by atoms with Crippen LogP contribution in [0, 0.1) is 5.82 Å². The highest BCUT2D eigenvalue weighted by Crippen LogP contribution is 2.28. The number of hydrogen-bond donors (Lipinski definition) is 1. The first-order chi connectivity index (χ1) is 7.58. The van der Waals surface area contributed by atoms with Gasteiger partial charge >= 0.3 is 0 Å². The molecule has 0 amide bonds. The first-order valence-corrected chi connectivity index (χ1v) is 5.75. The topological polar surface area (TPSA) is 12.0 Å². The van der Waals surface area contributed by atoms with Gasteiger partial charge in [-0.25, -0.2) is 4.39 Å². The zero-order valence-corrected chi connectivity index (χ0v) is 10.4. The number of nitrogens with one attached hydrogen (secondary N) is 1. The van der Waals surface area contributed by atoms with Gasteiger partial charge in [0.25, 0.3) is 0 Å². The molecule has 1 atom stereocenters. The Morgan fingerprint density at radius 3 is 2.75 bits per heavy atom. The largest absolute Gasteiger partial charge is 0.313 e. The van der Waals surface area contributed by atoms with Crippen molar-refractivity contribution >= 4 is 11.6 Å². The van der Waals surface area contributed by atoms with Crippen molar-refractivity contribution in [2.75, 3.05) is 7.05 Å². The molecule has 0 aliphatic rings. The first-order valence-electron chi connectivity index (χ1n) is 5.37. The van der Waals surface area contributed by atoms with Crippen LogP contribution in [0.5, 0.6) is 0 Å². The average Bonchev–Trinajstić information content (AvgIpc) is 2.26. The smallest absolute Gasteiger partial charge is 0.124 e. The Morgan fingerprint density at radius 2 is 2.25 bits per heavy atom. The monoisotopic (exact) mass is 241 g/mol. The Morgan fingerprint density at radius 1 is 1.56 bits per heavy atom. The normalized spacial score (nSPS) is 12.5. The fourth-order valence-corrected chi connectivity index (χ4v) is 1.88. The fourth-order valence-electron chi connectivity index (χ4n) is 1.58. The lowest BCUT2D eigenvalue weighted by Gasteiger charge is -2.18. The van der Waals surface area contributed by atoms with Gasteiger partial charge in [0.15, 0.2) is 0 Å². The summed E-state index contributed by atoms with van der Waals surface area (Å²) >= 11 is 6.02. The van der Waals surface area contributed by atoms with Gasteiger partial charge in [0.1, 0.15) is 5.82 Å². The predicted molar refractivity (Wildman–Crippen MR) is 67.3 cm³/mol. The van der Waals surface area contributed by atoms with E-state index in [1.807, 2.05) is 7.05 Å². The van der Waals surface area contributed by atoms with E-state index in [2.05, 4.69) is 18.8 Å². The van der Waals surface area contributed by atoms with Crippen LogP contribution in [0.2, 0.25) is 5.02 Å². The van der Waals surface area contributed by atoms with Crippen LogP contribution in [0.25, 0.3) is 0 Å². The van der Waals surface area contributed by atoms with Gasteiger partial charge in [-0.2, -0.15) is 0 Å². The third-order valence-corrected chi connectivity index (χ3v) is 3.01. The average molecular weight is 242 g/mol. The summed E-state index contributed by atoms with van der Waals surface area (Å²) in [7, 11) is 1.87. The van der Waals surface area contributed by atoms with E-state index in [4.69, 9.17) is 11.6 Å². The lowest BCUT2D eigenvalue weighted by Crippen LogP contribution is -2.17. The molecule has 3 heteroatoms. The second-order valence-corrected chi connectivity index (χ2v) is 4.22. The van der Waals surface area contributed by atoms with Gasteiger partial charge in [-0.15, -0.1) is 0 Å². The molecule has 0 radical (unpaired) electrons. The van der Waals surface area contributed by atoms with Gasteiger partial charge in [-0.3, -0.25) is 0 Å². The van der Waals surface area contributed by atoms with E-state index in [1.54, 1.807) is 6.07 Å². The Kier molecular flexibility index (Phi) is 4.97. The molecule has 1 nitrogen and oxygen atoms in total. The molecule has 1 N–H and O–H groups in total. The third kappa shape index (κ3) is 3.32. The van der Waals surface area contributed by atoms with Crippen molar-refractivity contribution in [3.8, 4) is 0 Å². The zero-order chi connectivity index (χ0) is 12.1. The molecule has 1 unspecified atom stereocenters. The highest BCUT2D eigenvalue weighted by Gasteiger charge is 2.13. The molecule has 0 heterocycles. The summed E-state index contributed by atoms with van der Waals surface area (Å²) in [6, 6.07) is 4.60. The minimum absolute atomic E-state index is 0.0977. The molecule has 88 valence electrons. The van der Waals surface area contributed by atoms with Crippen LogP contribution in [0.3, 0.4) is 0 Å². The van der Waals surface area contributed by atoms with Crippen LogP contribution in [0.4, 0.5) is 4.39 Å². The summed E-state index contributed by atoms with van der Waals surface area (Å²) in [5.74, 6) is -0.307. The number of hydrogen-bond acceptors (Lipinski definition) is 1. The van der Waals surface area contributed by atoms with E-state index in [9.17, 15) is 4.39 Å². The minimum Gasteiger partial charge on any atom is -0.313 e. The highest BCUT2D eigenvalue weighted by molar-refractivity contribution is 6.31. The van der Waals surface area contributed by atoms with E-state index >= 15 is 0 Å². The third-order valence-electron chi connectivity index (χ3n) is 2.68. The van der Waals surface area contributed by atoms with E-state index in [-0.39, 0.29) is 11.9 Å². The van der Waals surface area contributed by atoms with Crippen LogP contribution in [-0.2, 0) is 0 Å². The van der Waals surface area contributed by atoms with Crippen molar-refractivity contribution in [3.05, 3.63) is 46.8 Å². The van der Waals surface area contributed by atoms with Gasteiger partial charge in [0.05, 0.1) is 0 Å². The minimum atomic E-state index is -0.307. The van der Waals surface area contributed by atoms with E-state index < -0.39 is 0 Å². The Balaban J connectivity index is 2.90. The SMILES string of the molecule is C=C(CC)CC(NC)c1ccc(F)cc1Cl. The van der Waals surface area contributed by atoms with E-state index in [0.717, 1.165) is 24.0 Å². The molecule has 0 bridgehead atoms. The molecular weight excluding hydrogens is 225 g/mol. The van der Waals surface area contributed by atoms with Gasteiger partial charge in [0.2, 0.25) is 0 Å². The summed E-state index contributed by atoms with van der Waals surface area (Å²) in [6.07, 6.45) is 1.76. The van der Waals surface area contributed by atoms with E-state index in [1.165, 1.54) is 12.1 Å². The summed E-state index contributed by atoms with van der Waals surface area (Å²) in [6.45, 7) is 6.05. The first kappa shape index (κ1) is 13.2. The lowest BCUT2D eigenvalue weighted by atomic mass is 9.98. The number of halogens is 2. The Labute approximate surface area is 101 Å². The van der Waals surface area contributed by atoms with Crippen LogP contribution in [-0.4, -0.2) is 7.05 Å². The number of benzene rings is 1.